The van der Waals surface area contributed by atoms with Crippen molar-refractivity contribution in [2.75, 3.05) is 6.61 Å². The Kier molecular flexibility index (Phi) is 7.01. The van der Waals surface area contributed by atoms with Gasteiger partial charge in [0.05, 0.1) is 6.61 Å². The molecule has 0 aromatic carbocycles. The van der Waals surface area contributed by atoms with Crippen molar-refractivity contribution in [1.82, 2.24) is 10.6 Å². The Balaban J connectivity index is 2.10. The van der Waals surface area contributed by atoms with E-state index in [1.54, 1.807) is 6.92 Å². The Morgan fingerprint density at radius 2 is 1.76 bits per heavy atom. The maximum Gasteiger partial charge on any atom is 0.333 e. The average molecular weight is 312 g/mol. The van der Waals surface area contributed by atoms with Gasteiger partial charge in [-0.25, -0.2) is 4.79 Å². The highest BCUT2D eigenvalue weighted by Crippen LogP contribution is 2.13. The van der Waals surface area contributed by atoms with E-state index >= 15 is 0 Å². The monoisotopic (exact) mass is 312 g/mol. The third kappa shape index (κ3) is 6.03. The average Bonchev–Trinajstić information content (AvgIpc) is 2.39. The molecule has 7 heteroatoms. The van der Waals surface area contributed by atoms with Crippen molar-refractivity contribution in [3.05, 3.63) is 12.2 Å². The van der Waals surface area contributed by atoms with Crippen molar-refractivity contribution in [2.24, 2.45) is 5.92 Å². The van der Waals surface area contributed by atoms with Gasteiger partial charge in [0, 0.05) is 5.57 Å². The van der Waals surface area contributed by atoms with Crippen LogP contribution in [0.3, 0.4) is 0 Å². The zero-order chi connectivity index (χ0) is 15.8. The predicted molar refractivity (Wildman–Crippen MR) is 81.2 cm³/mol. The first-order valence-corrected chi connectivity index (χ1v) is 7.31. The minimum Gasteiger partial charge on any atom is -0.462 e. The summed E-state index contributed by atoms with van der Waals surface area (Å²) in [5.74, 6) is -1.71. The van der Waals surface area contributed by atoms with E-state index in [9.17, 15) is 14.4 Å². The van der Waals surface area contributed by atoms with Crippen molar-refractivity contribution in [1.29, 1.82) is 0 Å². The Bertz CT molecular complexity index is 442. The van der Waals surface area contributed by atoms with Gasteiger partial charge < -0.3 is 15.4 Å². The number of unbranched alkanes of at least 4 members (excludes halogenated alkanes) is 3. The molecule has 1 aliphatic heterocycles. The first-order chi connectivity index (χ1) is 9.91. The van der Waals surface area contributed by atoms with Gasteiger partial charge in [0.2, 0.25) is 11.8 Å². The summed E-state index contributed by atoms with van der Waals surface area (Å²) in [6.45, 7) is 5.47. The summed E-state index contributed by atoms with van der Waals surface area (Å²) in [5.41, 5.74) is 0.391. The molecule has 0 unspecified atom stereocenters. The van der Waals surface area contributed by atoms with Gasteiger partial charge in [0.25, 0.3) is 0 Å². The SMILES string of the molecule is C=C(C)C(=O)OCCCCCCC1C(=O)NC(=S)NC1=O. The molecular formula is C14H20N2O4S. The number of hydrogen-bond donors (Lipinski definition) is 2. The molecule has 1 aliphatic rings. The van der Waals surface area contributed by atoms with Crippen LogP contribution in [0.25, 0.3) is 0 Å². The van der Waals surface area contributed by atoms with Crippen LogP contribution >= 0.6 is 12.2 Å². The van der Waals surface area contributed by atoms with E-state index in [4.69, 9.17) is 17.0 Å². The molecule has 2 amide bonds. The maximum atomic E-state index is 11.6. The summed E-state index contributed by atoms with van der Waals surface area (Å²) in [4.78, 5) is 34.3. The summed E-state index contributed by atoms with van der Waals surface area (Å²) in [6.07, 6.45) is 3.74. The van der Waals surface area contributed by atoms with Gasteiger partial charge >= 0.3 is 5.97 Å². The molecule has 0 saturated carbocycles. The molecule has 1 heterocycles. The fourth-order valence-corrected chi connectivity index (χ4v) is 2.10. The third-order valence-electron chi connectivity index (χ3n) is 3.08. The highest BCUT2D eigenvalue weighted by Gasteiger charge is 2.31. The van der Waals surface area contributed by atoms with Crippen molar-refractivity contribution >= 4 is 35.1 Å². The van der Waals surface area contributed by atoms with Crippen LogP contribution in [-0.4, -0.2) is 29.5 Å². The normalized spacial score (nSPS) is 15.4. The molecule has 0 aromatic rings. The van der Waals surface area contributed by atoms with Gasteiger partial charge in [-0.15, -0.1) is 0 Å². The summed E-state index contributed by atoms with van der Waals surface area (Å²) in [6, 6.07) is 0. The van der Waals surface area contributed by atoms with Crippen LogP contribution in [0, 0.1) is 5.92 Å². The van der Waals surface area contributed by atoms with Crippen LogP contribution < -0.4 is 10.6 Å². The van der Waals surface area contributed by atoms with Crippen LogP contribution in [0.15, 0.2) is 12.2 Å². The smallest absolute Gasteiger partial charge is 0.333 e. The number of rotatable bonds is 8. The summed E-state index contributed by atoms with van der Waals surface area (Å²) in [7, 11) is 0. The molecule has 0 aliphatic carbocycles. The molecule has 0 radical (unpaired) electrons. The van der Waals surface area contributed by atoms with E-state index in [0.717, 1.165) is 25.7 Å². The first-order valence-electron chi connectivity index (χ1n) is 6.90. The van der Waals surface area contributed by atoms with Crippen molar-refractivity contribution in [2.45, 2.75) is 39.0 Å². The van der Waals surface area contributed by atoms with E-state index in [1.807, 2.05) is 0 Å². The molecule has 0 spiro atoms. The van der Waals surface area contributed by atoms with Gasteiger partial charge in [0.15, 0.2) is 5.11 Å². The predicted octanol–water partition coefficient (Wildman–Crippen LogP) is 1.20. The summed E-state index contributed by atoms with van der Waals surface area (Å²) in [5, 5.41) is 4.95. The number of carbonyl (C=O) groups excluding carboxylic acids is 3. The lowest BCUT2D eigenvalue weighted by Crippen LogP contribution is -2.55. The quantitative estimate of drug-likeness (QED) is 0.231. The van der Waals surface area contributed by atoms with Crippen LogP contribution in [0.2, 0.25) is 0 Å². The molecule has 116 valence electrons. The van der Waals surface area contributed by atoms with Gasteiger partial charge in [-0.1, -0.05) is 25.8 Å². The van der Waals surface area contributed by atoms with Crippen molar-refractivity contribution in [3.63, 3.8) is 0 Å². The van der Waals surface area contributed by atoms with Gasteiger partial charge in [0.1, 0.15) is 5.92 Å². The fraction of sp³-hybridized carbons (Fsp3) is 0.571. The number of amides is 2. The Labute approximate surface area is 129 Å². The van der Waals surface area contributed by atoms with Crippen molar-refractivity contribution < 1.29 is 19.1 Å². The van der Waals surface area contributed by atoms with Crippen LogP contribution in [0.4, 0.5) is 0 Å². The summed E-state index contributed by atoms with van der Waals surface area (Å²) < 4.78 is 4.96. The van der Waals surface area contributed by atoms with E-state index in [2.05, 4.69) is 17.2 Å². The minimum absolute atomic E-state index is 0.0700. The minimum atomic E-state index is -0.669. The molecule has 1 fully saturated rings. The van der Waals surface area contributed by atoms with Crippen LogP contribution in [0.1, 0.15) is 39.0 Å². The van der Waals surface area contributed by atoms with E-state index < -0.39 is 5.92 Å². The van der Waals surface area contributed by atoms with Crippen LogP contribution in [-0.2, 0) is 19.1 Å². The van der Waals surface area contributed by atoms with Crippen LogP contribution in [0.5, 0.6) is 0 Å². The number of hydrogen-bond acceptors (Lipinski definition) is 5. The topological polar surface area (TPSA) is 84.5 Å². The van der Waals surface area contributed by atoms with Crippen molar-refractivity contribution in [3.8, 4) is 0 Å². The number of nitrogens with one attached hydrogen (secondary N) is 2. The molecular weight excluding hydrogens is 292 g/mol. The van der Waals surface area contributed by atoms with E-state index in [0.29, 0.717) is 18.6 Å². The lowest BCUT2D eigenvalue weighted by molar-refractivity contribution is -0.139. The molecule has 0 atom stereocenters. The van der Waals surface area contributed by atoms with Gasteiger partial charge in [-0.2, -0.15) is 0 Å². The third-order valence-corrected chi connectivity index (χ3v) is 3.28. The first kappa shape index (κ1) is 17.3. The number of carbonyl (C=O) groups is 3. The van der Waals surface area contributed by atoms with E-state index in [1.165, 1.54) is 0 Å². The molecule has 21 heavy (non-hydrogen) atoms. The highest BCUT2D eigenvalue weighted by atomic mass is 32.1. The Morgan fingerprint density at radius 3 is 2.33 bits per heavy atom. The lowest BCUT2D eigenvalue weighted by Gasteiger charge is -2.22. The molecule has 1 rings (SSSR count). The maximum absolute atomic E-state index is 11.6. The second-order valence-corrected chi connectivity index (χ2v) is 5.39. The number of ether oxygens (including phenoxy) is 1. The zero-order valence-electron chi connectivity index (χ0n) is 12.1. The second kappa shape index (κ2) is 8.51. The Hall–Kier alpha value is -1.76. The molecule has 2 N–H and O–H groups in total. The van der Waals surface area contributed by atoms with E-state index in [-0.39, 0.29) is 22.9 Å². The molecule has 0 aromatic heterocycles. The standard InChI is InChI=1S/C14H20N2O4S/c1-9(2)13(19)20-8-6-4-3-5-7-10-11(17)15-14(21)16-12(10)18/h10H,1,3-8H2,2H3,(H2,15,16,17,18,21). The zero-order valence-corrected chi connectivity index (χ0v) is 12.9. The number of esters is 1. The molecule has 6 nitrogen and oxygen atoms in total. The fourth-order valence-electron chi connectivity index (χ4n) is 1.90. The van der Waals surface area contributed by atoms with Gasteiger partial charge in [-0.3, -0.25) is 9.59 Å². The largest absolute Gasteiger partial charge is 0.462 e. The molecule has 1 saturated heterocycles. The summed E-state index contributed by atoms with van der Waals surface area (Å²) >= 11 is 4.72. The molecule has 0 bridgehead atoms. The highest BCUT2D eigenvalue weighted by molar-refractivity contribution is 7.80. The van der Waals surface area contributed by atoms with Gasteiger partial charge in [-0.05, 0) is 32.0 Å². The lowest BCUT2D eigenvalue weighted by atomic mass is 9.98. The number of thiocarbonyl (C=S) groups is 1. The second-order valence-electron chi connectivity index (χ2n) is 4.98. The Morgan fingerprint density at radius 1 is 1.19 bits per heavy atom.